The van der Waals surface area contributed by atoms with Crippen molar-refractivity contribution in [3.05, 3.63) is 32.6 Å². The van der Waals surface area contributed by atoms with E-state index >= 15 is 0 Å². The smallest absolute Gasteiger partial charge is 0.330 e. The van der Waals surface area contributed by atoms with Gasteiger partial charge in [-0.2, -0.15) is 0 Å². The molecule has 2 heterocycles. The summed E-state index contributed by atoms with van der Waals surface area (Å²) in [6, 6.07) is 0. The lowest BCUT2D eigenvalue weighted by Crippen LogP contribution is -2.44. The number of amides is 1. The first kappa shape index (κ1) is 17.7. The highest BCUT2D eigenvalue weighted by Gasteiger charge is 2.31. The molecular formula is C15H22ClN3O4. The number of carbonyl (C=O) groups is 1. The molecule has 1 aliphatic heterocycles. The van der Waals surface area contributed by atoms with Gasteiger partial charge in [0.1, 0.15) is 5.38 Å². The lowest BCUT2D eigenvalue weighted by molar-refractivity contribution is -0.132. The highest BCUT2D eigenvalue weighted by molar-refractivity contribution is 6.30. The summed E-state index contributed by atoms with van der Waals surface area (Å²) in [5.74, 6) is -0.243. The first-order chi connectivity index (χ1) is 10.7. The van der Waals surface area contributed by atoms with E-state index in [1.165, 1.54) is 17.8 Å². The van der Waals surface area contributed by atoms with Gasteiger partial charge in [-0.15, -0.1) is 11.6 Å². The second kappa shape index (κ2) is 6.88. The maximum absolute atomic E-state index is 12.2. The molecule has 1 amide bonds. The van der Waals surface area contributed by atoms with Gasteiger partial charge >= 0.3 is 5.69 Å². The first-order valence-electron chi connectivity index (χ1n) is 7.61. The van der Waals surface area contributed by atoms with Gasteiger partial charge in [0, 0.05) is 33.4 Å². The molecule has 128 valence electrons. The van der Waals surface area contributed by atoms with Crippen molar-refractivity contribution < 1.29 is 9.90 Å². The molecule has 1 aromatic heterocycles. The number of aliphatic hydroxyl groups excluding tert-OH is 1. The van der Waals surface area contributed by atoms with E-state index in [0.29, 0.717) is 25.9 Å². The monoisotopic (exact) mass is 343 g/mol. The van der Waals surface area contributed by atoms with E-state index in [0.717, 1.165) is 4.57 Å². The van der Waals surface area contributed by atoms with Crippen LogP contribution in [-0.2, 0) is 18.9 Å². The number of carbonyl (C=O) groups excluding carboxylic acids is 1. The second-order valence-corrected chi connectivity index (χ2v) is 6.72. The van der Waals surface area contributed by atoms with Crippen LogP contribution >= 0.6 is 11.6 Å². The fourth-order valence-corrected chi connectivity index (χ4v) is 3.12. The summed E-state index contributed by atoms with van der Waals surface area (Å²) < 4.78 is 2.28. The minimum Gasteiger partial charge on any atom is -0.388 e. The highest BCUT2D eigenvalue weighted by Crippen LogP contribution is 2.29. The van der Waals surface area contributed by atoms with E-state index in [-0.39, 0.29) is 17.4 Å². The average molecular weight is 344 g/mol. The highest BCUT2D eigenvalue weighted by atomic mass is 35.5. The van der Waals surface area contributed by atoms with Gasteiger partial charge in [-0.1, -0.05) is 0 Å². The summed E-state index contributed by atoms with van der Waals surface area (Å²) in [4.78, 5) is 37.5. The Hall–Kier alpha value is -1.60. The number of aliphatic hydroxyl groups is 1. The van der Waals surface area contributed by atoms with Crippen LogP contribution in [-0.4, -0.2) is 43.5 Å². The van der Waals surface area contributed by atoms with Gasteiger partial charge in [0.2, 0.25) is 5.91 Å². The van der Waals surface area contributed by atoms with Crippen LogP contribution in [0.25, 0.3) is 0 Å². The molecule has 0 aromatic carbocycles. The Kier molecular flexibility index (Phi) is 5.31. The van der Waals surface area contributed by atoms with E-state index in [1.54, 1.807) is 18.9 Å². The van der Waals surface area contributed by atoms with Crippen molar-refractivity contribution in [1.82, 2.24) is 14.0 Å². The second-order valence-electron chi connectivity index (χ2n) is 6.07. The fraction of sp³-hybridized carbons (Fsp3) is 0.667. The first-order valence-corrected chi connectivity index (χ1v) is 8.05. The van der Waals surface area contributed by atoms with Gasteiger partial charge in [0.05, 0.1) is 11.7 Å². The molecule has 8 heteroatoms. The van der Waals surface area contributed by atoms with E-state index in [1.807, 2.05) is 0 Å². The normalized spacial score (nSPS) is 18.7. The largest absolute Gasteiger partial charge is 0.388 e. The van der Waals surface area contributed by atoms with Crippen molar-refractivity contribution in [1.29, 1.82) is 0 Å². The molecule has 1 aromatic rings. The Morgan fingerprint density at radius 2 is 1.87 bits per heavy atom. The Labute approximate surface area is 139 Å². The lowest BCUT2D eigenvalue weighted by Gasteiger charge is -2.34. The molecule has 0 bridgehead atoms. The Bertz CT molecular complexity index is 702. The van der Waals surface area contributed by atoms with E-state index in [9.17, 15) is 19.5 Å². The minimum atomic E-state index is -0.953. The predicted molar refractivity (Wildman–Crippen MR) is 86.5 cm³/mol. The minimum absolute atomic E-state index is 0.113. The number of halogens is 1. The van der Waals surface area contributed by atoms with Crippen LogP contribution in [0.3, 0.4) is 0 Å². The van der Waals surface area contributed by atoms with E-state index in [2.05, 4.69) is 0 Å². The SMILES string of the molecule is CC(Cl)C(=O)N1CCC(C(O)c2cn(C)c(=O)n(C)c2=O)CC1. The summed E-state index contributed by atoms with van der Waals surface area (Å²) in [6.07, 6.45) is 1.62. The molecule has 0 radical (unpaired) electrons. The maximum atomic E-state index is 12.2. The van der Waals surface area contributed by atoms with Gasteiger partial charge in [0.15, 0.2) is 0 Å². The van der Waals surface area contributed by atoms with Gasteiger partial charge in [-0.05, 0) is 25.7 Å². The van der Waals surface area contributed by atoms with Crippen molar-refractivity contribution >= 4 is 17.5 Å². The number of piperidine rings is 1. The maximum Gasteiger partial charge on any atom is 0.330 e. The van der Waals surface area contributed by atoms with Crippen molar-refractivity contribution in [2.45, 2.75) is 31.2 Å². The van der Waals surface area contributed by atoms with Gasteiger partial charge in [-0.3, -0.25) is 14.2 Å². The van der Waals surface area contributed by atoms with Gasteiger partial charge in [0.25, 0.3) is 5.56 Å². The third-order valence-corrected chi connectivity index (χ3v) is 4.62. The molecule has 1 saturated heterocycles. The number of nitrogens with zero attached hydrogens (tertiary/aromatic N) is 3. The van der Waals surface area contributed by atoms with Crippen LogP contribution in [0, 0.1) is 5.92 Å². The zero-order valence-corrected chi connectivity index (χ0v) is 14.3. The van der Waals surface area contributed by atoms with Crippen LogP contribution in [0.1, 0.15) is 31.4 Å². The standard InChI is InChI=1S/C15H22ClN3O4/c1-9(16)13(21)19-6-4-10(5-7-19)12(20)11-8-17(2)15(23)18(3)14(11)22/h8-10,12,20H,4-7H2,1-3H3. The summed E-state index contributed by atoms with van der Waals surface area (Å²) >= 11 is 5.81. The summed E-state index contributed by atoms with van der Waals surface area (Å²) in [6.45, 7) is 2.65. The molecule has 0 spiro atoms. The molecule has 1 N–H and O–H groups in total. The Morgan fingerprint density at radius 1 is 1.30 bits per heavy atom. The number of alkyl halides is 1. The third kappa shape index (κ3) is 3.50. The van der Waals surface area contributed by atoms with Crippen molar-refractivity contribution in [2.24, 2.45) is 20.0 Å². The third-order valence-electron chi connectivity index (χ3n) is 4.43. The molecule has 2 atom stereocenters. The van der Waals surface area contributed by atoms with Crippen LogP contribution in [0.4, 0.5) is 0 Å². The molecule has 2 rings (SSSR count). The number of aromatic nitrogens is 2. The number of hydrogen-bond acceptors (Lipinski definition) is 4. The topological polar surface area (TPSA) is 84.5 Å². The van der Waals surface area contributed by atoms with Crippen LogP contribution < -0.4 is 11.2 Å². The molecule has 0 saturated carbocycles. The summed E-state index contributed by atoms with van der Waals surface area (Å²) in [5.41, 5.74) is -0.693. The Balaban J connectivity index is 2.15. The Morgan fingerprint density at radius 3 is 2.39 bits per heavy atom. The predicted octanol–water partition coefficient (Wildman–Crippen LogP) is -0.0167. The number of likely N-dealkylation sites (tertiary alicyclic amines) is 1. The van der Waals surface area contributed by atoms with Crippen LogP contribution in [0.5, 0.6) is 0 Å². The van der Waals surface area contributed by atoms with E-state index in [4.69, 9.17) is 11.6 Å². The average Bonchev–Trinajstić information content (AvgIpc) is 2.55. The lowest BCUT2D eigenvalue weighted by atomic mass is 9.88. The quantitative estimate of drug-likeness (QED) is 0.782. The molecule has 1 fully saturated rings. The zero-order valence-electron chi connectivity index (χ0n) is 13.5. The van der Waals surface area contributed by atoms with E-state index < -0.39 is 22.7 Å². The zero-order chi connectivity index (χ0) is 17.3. The molecular weight excluding hydrogens is 322 g/mol. The number of hydrogen-bond donors (Lipinski definition) is 1. The number of rotatable bonds is 3. The van der Waals surface area contributed by atoms with Crippen molar-refractivity contribution in [2.75, 3.05) is 13.1 Å². The molecule has 1 aliphatic rings. The summed E-state index contributed by atoms with van der Waals surface area (Å²) in [7, 11) is 2.94. The number of aryl methyl sites for hydroxylation is 1. The van der Waals surface area contributed by atoms with Gasteiger partial charge < -0.3 is 14.6 Å². The van der Waals surface area contributed by atoms with Crippen LogP contribution in [0.2, 0.25) is 0 Å². The molecule has 7 nitrogen and oxygen atoms in total. The van der Waals surface area contributed by atoms with Crippen LogP contribution in [0.15, 0.2) is 15.8 Å². The van der Waals surface area contributed by atoms with Crippen molar-refractivity contribution in [3.63, 3.8) is 0 Å². The molecule has 23 heavy (non-hydrogen) atoms. The van der Waals surface area contributed by atoms with Gasteiger partial charge in [-0.25, -0.2) is 4.79 Å². The summed E-state index contributed by atoms with van der Waals surface area (Å²) in [5, 5.41) is 9.98. The molecule has 0 aliphatic carbocycles. The van der Waals surface area contributed by atoms with Crippen molar-refractivity contribution in [3.8, 4) is 0 Å². The molecule has 2 unspecified atom stereocenters. The fourth-order valence-electron chi connectivity index (χ4n) is 2.98.